The molecule has 1 N–H and O–H groups in total. The lowest BCUT2D eigenvalue weighted by Crippen LogP contribution is -2.19. The first-order valence-corrected chi connectivity index (χ1v) is 6.30. The number of halogens is 2. The van der Waals surface area contributed by atoms with Crippen LogP contribution in [0.5, 0.6) is 0 Å². The lowest BCUT2D eigenvalue weighted by Gasteiger charge is -2.19. The van der Waals surface area contributed by atoms with Crippen LogP contribution in [0.25, 0.3) is 0 Å². The van der Waals surface area contributed by atoms with Crippen LogP contribution in [-0.4, -0.2) is 6.04 Å². The molecule has 0 spiro atoms. The molecule has 0 saturated carbocycles. The molecule has 0 aliphatic rings. The first kappa shape index (κ1) is 13.9. The third-order valence-corrected chi connectivity index (χ3v) is 2.88. The highest BCUT2D eigenvalue weighted by atomic mass is 19.1. The Morgan fingerprint density at radius 3 is 2.18 bits per heavy atom. The molecule has 0 unspecified atom stereocenters. The fourth-order valence-electron chi connectivity index (χ4n) is 1.96. The Hall–Kier alpha value is -1.12. The number of hydrogen-bond donors (Lipinski definition) is 1. The molecule has 1 nitrogen and oxygen atoms in total. The molecule has 0 aliphatic carbocycles. The van der Waals surface area contributed by atoms with E-state index in [4.69, 9.17) is 0 Å². The molecule has 1 rings (SSSR count). The number of nitrogens with one attached hydrogen (secondary N) is 1. The molecule has 0 bridgehead atoms. The van der Waals surface area contributed by atoms with Crippen LogP contribution in [0.4, 0.5) is 14.5 Å². The standard InChI is InChI=1S/C14H21F2N/c1-4-6-11(7-5-2)17-14-9-12(15)10(3)8-13(14)16/h8-9,11,17H,4-7H2,1-3H3. The van der Waals surface area contributed by atoms with Gasteiger partial charge in [0.2, 0.25) is 0 Å². The van der Waals surface area contributed by atoms with Gasteiger partial charge in [-0.25, -0.2) is 8.78 Å². The van der Waals surface area contributed by atoms with Gasteiger partial charge < -0.3 is 5.32 Å². The van der Waals surface area contributed by atoms with Gasteiger partial charge in [-0.15, -0.1) is 0 Å². The van der Waals surface area contributed by atoms with Crippen molar-refractivity contribution in [2.75, 3.05) is 5.32 Å². The molecule has 0 aromatic heterocycles. The number of benzene rings is 1. The summed E-state index contributed by atoms with van der Waals surface area (Å²) in [7, 11) is 0. The van der Waals surface area contributed by atoms with E-state index in [9.17, 15) is 8.78 Å². The second-order valence-electron chi connectivity index (χ2n) is 4.50. The van der Waals surface area contributed by atoms with Gasteiger partial charge in [-0.05, 0) is 31.4 Å². The van der Waals surface area contributed by atoms with E-state index in [-0.39, 0.29) is 23.4 Å². The minimum atomic E-state index is -0.374. The van der Waals surface area contributed by atoms with Crippen LogP contribution < -0.4 is 5.32 Å². The smallest absolute Gasteiger partial charge is 0.146 e. The molecule has 3 heteroatoms. The van der Waals surface area contributed by atoms with Gasteiger partial charge in [0.05, 0.1) is 5.69 Å². The van der Waals surface area contributed by atoms with Crippen LogP contribution in [0, 0.1) is 18.6 Å². The summed E-state index contributed by atoms with van der Waals surface area (Å²) in [6.45, 7) is 5.75. The van der Waals surface area contributed by atoms with Crippen LogP contribution in [-0.2, 0) is 0 Å². The van der Waals surface area contributed by atoms with Gasteiger partial charge in [0.1, 0.15) is 11.6 Å². The summed E-state index contributed by atoms with van der Waals surface area (Å²) in [4.78, 5) is 0. The van der Waals surface area contributed by atoms with Crippen molar-refractivity contribution in [2.45, 2.75) is 52.5 Å². The maximum atomic E-state index is 13.6. The summed E-state index contributed by atoms with van der Waals surface area (Å²) in [5, 5.41) is 3.10. The van der Waals surface area contributed by atoms with Gasteiger partial charge in [-0.3, -0.25) is 0 Å². The summed E-state index contributed by atoms with van der Waals surface area (Å²) < 4.78 is 27.0. The topological polar surface area (TPSA) is 12.0 Å². The van der Waals surface area contributed by atoms with Gasteiger partial charge >= 0.3 is 0 Å². The quantitative estimate of drug-likeness (QED) is 0.764. The van der Waals surface area contributed by atoms with Crippen LogP contribution in [0.3, 0.4) is 0 Å². The van der Waals surface area contributed by atoms with Crippen molar-refractivity contribution >= 4 is 5.69 Å². The van der Waals surface area contributed by atoms with Crippen molar-refractivity contribution in [3.05, 3.63) is 29.3 Å². The molecule has 0 radical (unpaired) electrons. The molecule has 96 valence electrons. The third kappa shape index (κ3) is 3.99. The maximum absolute atomic E-state index is 13.6. The zero-order valence-corrected chi connectivity index (χ0v) is 10.8. The number of aryl methyl sites for hydroxylation is 1. The fourth-order valence-corrected chi connectivity index (χ4v) is 1.96. The highest BCUT2D eigenvalue weighted by Gasteiger charge is 2.11. The van der Waals surface area contributed by atoms with Gasteiger partial charge in [0, 0.05) is 12.1 Å². The van der Waals surface area contributed by atoms with Crippen molar-refractivity contribution in [1.82, 2.24) is 0 Å². The molecule has 17 heavy (non-hydrogen) atoms. The van der Waals surface area contributed by atoms with Crippen molar-refractivity contribution < 1.29 is 8.78 Å². The van der Waals surface area contributed by atoms with Crippen molar-refractivity contribution in [3.63, 3.8) is 0 Å². The lowest BCUT2D eigenvalue weighted by atomic mass is 10.1. The molecule has 0 heterocycles. The minimum Gasteiger partial charge on any atom is -0.380 e. The Morgan fingerprint density at radius 2 is 1.65 bits per heavy atom. The number of rotatable bonds is 6. The van der Waals surface area contributed by atoms with Gasteiger partial charge in [-0.2, -0.15) is 0 Å². The van der Waals surface area contributed by atoms with Crippen molar-refractivity contribution in [1.29, 1.82) is 0 Å². The Bertz CT molecular complexity index is 357. The van der Waals surface area contributed by atoms with E-state index < -0.39 is 0 Å². The zero-order valence-electron chi connectivity index (χ0n) is 10.8. The molecule has 0 fully saturated rings. The van der Waals surface area contributed by atoms with Crippen molar-refractivity contribution in [3.8, 4) is 0 Å². The van der Waals surface area contributed by atoms with Gasteiger partial charge in [-0.1, -0.05) is 26.7 Å². The predicted octanol–water partition coefficient (Wildman–Crippen LogP) is 4.65. The highest BCUT2D eigenvalue weighted by Crippen LogP contribution is 2.21. The van der Waals surface area contributed by atoms with E-state index >= 15 is 0 Å². The average Bonchev–Trinajstić information content (AvgIpc) is 2.26. The van der Waals surface area contributed by atoms with Crippen LogP contribution in [0.15, 0.2) is 12.1 Å². The highest BCUT2D eigenvalue weighted by molar-refractivity contribution is 5.47. The van der Waals surface area contributed by atoms with E-state index in [0.717, 1.165) is 25.7 Å². The molecular weight excluding hydrogens is 220 g/mol. The second kappa shape index (κ2) is 6.58. The van der Waals surface area contributed by atoms with Gasteiger partial charge in [0.15, 0.2) is 0 Å². The first-order valence-electron chi connectivity index (χ1n) is 6.30. The maximum Gasteiger partial charge on any atom is 0.146 e. The van der Waals surface area contributed by atoms with Crippen LogP contribution in [0.2, 0.25) is 0 Å². The Balaban J connectivity index is 2.81. The molecule has 1 aromatic rings. The predicted molar refractivity (Wildman–Crippen MR) is 68.3 cm³/mol. The Labute approximate surface area is 102 Å². The molecule has 0 saturated heterocycles. The number of hydrogen-bond acceptors (Lipinski definition) is 1. The first-order chi connectivity index (χ1) is 8.08. The monoisotopic (exact) mass is 241 g/mol. The van der Waals surface area contributed by atoms with E-state index in [2.05, 4.69) is 19.2 Å². The fraction of sp³-hybridized carbons (Fsp3) is 0.571. The van der Waals surface area contributed by atoms with E-state index in [1.807, 2.05) is 0 Å². The van der Waals surface area contributed by atoms with Crippen LogP contribution in [0.1, 0.15) is 45.1 Å². The lowest BCUT2D eigenvalue weighted by molar-refractivity contribution is 0.566. The molecule has 1 aromatic carbocycles. The average molecular weight is 241 g/mol. The van der Waals surface area contributed by atoms with Crippen LogP contribution >= 0.6 is 0 Å². The molecule has 0 atom stereocenters. The Kier molecular flexibility index (Phi) is 5.39. The minimum absolute atomic E-state index is 0.224. The summed E-state index contributed by atoms with van der Waals surface area (Å²) in [5.74, 6) is -0.734. The summed E-state index contributed by atoms with van der Waals surface area (Å²) in [6, 6.07) is 2.72. The van der Waals surface area contributed by atoms with Gasteiger partial charge in [0.25, 0.3) is 0 Å². The summed E-state index contributed by atoms with van der Waals surface area (Å²) in [5.41, 5.74) is 0.621. The summed E-state index contributed by atoms with van der Waals surface area (Å²) in [6.07, 6.45) is 4.02. The third-order valence-electron chi connectivity index (χ3n) is 2.88. The number of anilines is 1. The summed E-state index contributed by atoms with van der Waals surface area (Å²) >= 11 is 0. The van der Waals surface area contributed by atoms with E-state index in [1.54, 1.807) is 6.92 Å². The molecule has 0 aliphatic heterocycles. The van der Waals surface area contributed by atoms with E-state index in [0.29, 0.717) is 5.56 Å². The molecular formula is C14H21F2N. The van der Waals surface area contributed by atoms with Crippen molar-refractivity contribution in [2.24, 2.45) is 0 Å². The Morgan fingerprint density at radius 1 is 1.06 bits per heavy atom. The normalized spacial score (nSPS) is 10.9. The largest absolute Gasteiger partial charge is 0.380 e. The SMILES string of the molecule is CCCC(CCC)Nc1cc(F)c(C)cc1F. The second-order valence-corrected chi connectivity index (χ2v) is 4.50. The zero-order chi connectivity index (χ0) is 12.8. The molecule has 0 amide bonds. The van der Waals surface area contributed by atoms with E-state index in [1.165, 1.54) is 12.1 Å².